The number of thioether (sulfide) groups is 1. The first kappa shape index (κ1) is 16.3. The van der Waals surface area contributed by atoms with Gasteiger partial charge < -0.3 is 0 Å². The van der Waals surface area contributed by atoms with Crippen LogP contribution in [0.25, 0.3) is 0 Å². The summed E-state index contributed by atoms with van der Waals surface area (Å²) in [4.78, 5) is 2.14. The van der Waals surface area contributed by atoms with Crippen molar-refractivity contribution in [3.8, 4) is 0 Å². The molecule has 1 fully saturated rings. The fourth-order valence-corrected chi connectivity index (χ4v) is 4.51. The van der Waals surface area contributed by atoms with Gasteiger partial charge in [-0.2, -0.15) is 0 Å². The van der Waals surface area contributed by atoms with Crippen molar-refractivity contribution in [1.82, 2.24) is 4.90 Å². The summed E-state index contributed by atoms with van der Waals surface area (Å²) < 4.78 is 2.04. The summed E-state index contributed by atoms with van der Waals surface area (Å²) in [6.07, 6.45) is 3.83. The molecule has 1 aliphatic heterocycles. The molecular weight excluding hydrogens is 300 g/mol. The number of nitrogens with zero attached hydrogens (tertiary/aromatic N) is 2. The zero-order valence-electron chi connectivity index (χ0n) is 12.8. The Morgan fingerprint density at radius 3 is 2.67 bits per heavy atom. The third-order valence-electron chi connectivity index (χ3n) is 3.59. The smallest absolute Gasteiger partial charge is 0.292 e. The highest BCUT2D eigenvalue weighted by Gasteiger charge is 2.52. The van der Waals surface area contributed by atoms with E-state index in [9.17, 15) is 5.21 Å². The second-order valence-corrected chi connectivity index (χ2v) is 8.10. The number of rotatable bonds is 5. The molecule has 1 saturated heterocycles. The highest BCUT2D eigenvalue weighted by atomic mass is 32.2. The van der Waals surface area contributed by atoms with Gasteiger partial charge in [0.1, 0.15) is 9.07 Å². The maximum atomic E-state index is 10.6. The van der Waals surface area contributed by atoms with Crippen LogP contribution in [-0.2, 0) is 0 Å². The van der Waals surface area contributed by atoms with E-state index >= 15 is 0 Å². The van der Waals surface area contributed by atoms with Gasteiger partial charge in [0, 0.05) is 12.1 Å². The van der Waals surface area contributed by atoms with Crippen LogP contribution in [0.4, 0.5) is 0 Å². The van der Waals surface area contributed by atoms with Crippen molar-refractivity contribution in [2.75, 3.05) is 6.54 Å². The summed E-state index contributed by atoms with van der Waals surface area (Å²) in [7, 11) is 0. The van der Waals surface area contributed by atoms with Crippen LogP contribution in [-0.4, -0.2) is 42.8 Å². The maximum absolute atomic E-state index is 10.6. The molecule has 1 aliphatic rings. The monoisotopic (exact) mass is 323 g/mol. The van der Waals surface area contributed by atoms with Gasteiger partial charge in [-0.25, -0.2) is 0 Å². The Balaban J connectivity index is 2.28. The lowest BCUT2D eigenvalue weighted by atomic mass is 10.1. The average molecular weight is 324 g/mol. The largest absolute Gasteiger partial charge is 0.295 e. The Bertz CT molecular complexity index is 528. The second-order valence-electron chi connectivity index (χ2n) is 5.81. The lowest BCUT2D eigenvalue weighted by Crippen LogP contribution is -2.49. The molecule has 1 aromatic carbocycles. The highest BCUT2D eigenvalue weighted by molar-refractivity contribution is 8.24. The molecule has 1 unspecified atom stereocenters. The van der Waals surface area contributed by atoms with E-state index in [0.717, 1.165) is 29.3 Å². The van der Waals surface area contributed by atoms with Crippen LogP contribution in [0.3, 0.4) is 0 Å². The lowest BCUT2D eigenvalue weighted by molar-refractivity contribution is -0.808. The van der Waals surface area contributed by atoms with Crippen molar-refractivity contribution in [2.24, 2.45) is 0 Å². The Morgan fingerprint density at radius 2 is 2.05 bits per heavy atom. The Labute approximate surface area is 136 Å². The molecule has 1 N–H and O–H groups in total. The SMILES string of the molecule is CCCCN1C(=S)SC(C)(C)C1[N+](O)=Cc1ccccc1. The molecule has 2 rings (SSSR count). The van der Waals surface area contributed by atoms with Crippen molar-refractivity contribution in [3.05, 3.63) is 35.9 Å². The van der Waals surface area contributed by atoms with Crippen LogP contribution in [0, 0.1) is 0 Å². The summed E-state index contributed by atoms with van der Waals surface area (Å²) in [6, 6.07) is 9.86. The van der Waals surface area contributed by atoms with E-state index in [0.29, 0.717) is 0 Å². The van der Waals surface area contributed by atoms with E-state index in [2.05, 4.69) is 25.7 Å². The van der Waals surface area contributed by atoms with Gasteiger partial charge in [-0.15, -0.1) is 0 Å². The number of hydrogen-bond acceptors (Lipinski definition) is 3. The average Bonchev–Trinajstić information content (AvgIpc) is 2.66. The second kappa shape index (κ2) is 6.79. The molecule has 0 amide bonds. The molecule has 0 spiro atoms. The van der Waals surface area contributed by atoms with E-state index in [1.807, 2.05) is 30.3 Å². The normalized spacial score (nSPS) is 21.9. The quantitative estimate of drug-likeness (QED) is 0.293. The minimum Gasteiger partial charge on any atom is -0.295 e. The fourth-order valence-electron chi connectivity index (χ4n) is 2.58. The summed E-state index contributed by atoms with van der Waals surface area (Å²) in [5.41, 5.74) is 0.981. The standard InChI is InChI=1S/C16H23N2OS2/c1-4-5-11-17-14(16(2,3)21-15(17)20)18(19)12-13-9-7-6-8-10-13/h6-10,12,14,19H,4-5,11H2,1-3H3/q+1. The zero-order chi connectivity index (χ0) is 15.5. The molecular formula is C16H23N2OS2+. The lowest BCUT2D eigenvalue weighted by Gasteiger charge is -2.25. The van der Waals surface area contributed by atoms with Crippen molar-refractivity contribution >= 4 is 34.5 Å². The molecule has 0 aromatic heterocycles. The molecule has 1 aromatic rings. The molecule has 1 heterocycles. The summed E-state index contributed by atoms with van der Waals surface area (Å²) >= 11 is 7.16. The van der Waals surface area contributed by atoms with Gasteiger partial charge in [0.05, 0.1) is 0 Å². The predicted molar refractivity (Wildman–Crippen MR) is 93.3 cm³/mol. The Morgan fingerprint density at radius 1 is 1.38 bits per heavy atom. The van der Waals surface area contributed by atoms with E-state index in [1.54, 1.807) is 18.0 Å². The molecule has 114 valence electrons. The summed E-state index contributed by atoms with van der Waals surface area (Å²) in [5.74, 6) is 0. The number of hydroxylamine groups is 1. The summed E-state index contributed by atoms with van der Waals surface area (Å²) in [6.45, 7) is 7.31. The van der Waals surface area contributed by atoms with Crippen molar-refractivity contribution in [3.63, 3.8) is 0 Å². The van der Waals surface area contributed by atoms with Crippen LogP contribution in [0.15, 0.2) is 30.3 Å². The van der Waals surface area contributed by atoms with E-state index < -0.39 is 0 Å². The highest BCUT2D eigenvalue weighted by Crippen LogP contribution is 2.41. The van der Waals surface area contributed by atoms with Gasteiger partial charge in [0.25, 0.3) is 6.17 Å². The number of hydrogen-bond donors (Lipinski definition) is 1. The number of unbranched alkanes of at least 4 members (excludes halogenated alkanes) is 1. The number of benzene rings is 1. The molecule has 3 nitrogen and oxygen atoms in total. The molecule has 1 atom stereocenters. The molecule has 0 bridgehead atoms. The molecule has 21 heavy (non-hydrogen) atoms. The topological polar surface area (TPSA) is 26.5 Å². The first-order valence-electron chi connectivity index (χ1n) is 7.32. The first-order valence-corrected chi connectivity index (χ1v) is 8.55. The third-order valence-corrected chi connectivity index (χ3v) is 5.22. The molecule has 5 heteroatoms. The van der Waals surface area contributed by atoms with Gasteiger partial charge in [0.2, 0.25) is 6.21 Å². The zero-order valence-corrected chi connectivity index (χ0v) is 14.5. The Kier molecular flexibility index (Phi) is 5.27. The molecule has 0 aliphatic carbocycles. The third kappa shape index (κ3) is 3.77. The molecule has 0 saturated carbocycles. The van der Waals surface area contributed by atoms with Gasteiger partial charge in [0.15, 0.2) is 0 Å². The van der Waals surface area contributed by atoms with Gasteiger partial charge in [-0.05, 0) is 37.1 Å². The van der Waals surface area contributed by atoms with Crippen LogP contribution in [0.1, 0.15) is 39.2 Å². The minimum atomic E-state index is -0.148. The van der Waals surface area contributed by atoms with Crippen LogP contribution in [0.2, 0.25) is 0 Å². The van der Waals surface area contributed by atoms with Crippen molar-refractivity contribution in [2.45, 2.75) is 44.5 Å². The van der Waals surface area contributed by atoms with Crippen molar-refractivity contribution < 1.29 is 9.95 Å². The van der Waals surface area contributed by atoms with Crippen LogP contribution >= 0.6 is 24.0 Å². The predicted octanol–water partition coefficient (Wildman–Crippen LogP) is 3.75. The van der Waals surface area contributed by atoms with Crippen LogP contribution in [0.5, 0.6) is 0 Å². The van der Waals surface area contributed by atoms with Gasteiger partial charge in [-0.3, -0.25) is 10.1 Å². The van der Waals surface area contributed by atoms with E-state index in [4.69, 9.17) is 12.2 Å². The van der Waals surface area contributed by atoms with Crippen molar-refractivity contribution in [1.29, 1.82) is 0 Å². The summed E-state index contributed by atoms with van der Waals surface area (Å²) in [5, 5.41) is 10.6. The first-order chi connectivity index (χ1) is 9.95. The van der Waals surface area contributed by atoms with Gasteiger partial charge >= 0.3 is 0 Å². The van der Waals surface area contributed by atoms with Crippen LogP contribution < -0.4 is 0 Å². The fraction of sp³-hybridized carbons (Fsp3) is 0.500. The Hall–Kier alpha value is -1.07. The van der Waals surface area contributed by atoms with E-state index in [1.165, 1.54) is 4.74 Å². The number of thiocarbonyl (C=S) groups is 1. The maximum Gasteiger partial charge on any atom is 0.292 e. The van der Waals surface area contributed by atoms with E-state index in [-0.39, 0.29) is 10.9 Å². The molecule has 0 radical (unpaired) electrons. The van der Waals surface area contributed by atoms with Gasteiger partial charge in [-0.1, -0.05) is 55.5 Å². The minimum absolute atomic E-state index is 0.137.